The van der Waals surface area contributed by atoms with Gasteiger partial charge in [0.05, 0.1) is 12.8 Å². The summed E-state index contributed by atoms with van der Waals surface area (Å²) in [4.78, 5) is 24.2. The Hall–Kier alpha value is -3.41. The van der Waals surface area contributed by atoms with Crippen LogP contribution in [0.15, 0.2) is 71.5 Å². The number of aromatic nitrogens is 2. The first-order valence-corrected chi connectivity index (χ1v) is 9.69. The Bertz CT molecular complexity index is 1000. The topological polar surface area (TPSA) is 73.2 Å². The lowest BCUT2D eigenvalue weighted by Crippen LogP contribution is -2.27. The van der Waals surface area contributed by atoms with Gasteiger partial charge in [-0.1, -0.05) is 48.5 Å². The predicted octanol–water partition coefficient (Wildman–Crippen LogP) is 3.06. The number of hydrogen-bond donors (Lipinski definition) is 1. The van der Waals surface area contributed by atoms with Crippen molar-refractivity contribution in [3.63, 3.8) is 0 Å². The number of methoxy groups -OCH3 is 1. The van der Waals surface area contributed by atoms with Crippen molar-refractivity contribution < 1.29 is 9.53 Å². The molecule has 150 valence electrons. The van der Waals surface area contributed by atoms with E-state index < -0.39 is 0 Å². The number of amides is 1. The summed E-state index contributed by atoms with van der Waals surface area (Å²) in [5.74, 6) is 0.789. The summed E-state index contributed by atoms with van der Waals surface area (Å²) in [5.41, 5.74) is 2.59. The quantitative estimate of drug-likeness (QED) is 0.608. The minimum atomic E-state index is -0.165. The maximum absolute atomic E-state index is 12.1. The number of nitrogens with one attached hydrogen (secondary N) is 1. The van der Waals surface area contributed by atoms with Gasteiger partial charge in [0.25, 0.3) is 5.56 Å². The molecule has 1 N–H and O–H groups in total. The molecule has 0 bridgehead atoms. The fraction of sp³-hybridized carbons (Fsp3) is 0.261. The van der Waals surface area contributed by atoms with Gasteiger partial charge in [-0.2, -0.15) is 5.10 Å². The summed E-state index contributed by atoms with van der Waals surface area (Å²) in [7, 11) is 1.64. The third kappa shape index (κ3) is 5.78. The van der Waals surface area contributed by atoms with Gasteiger partial charge in [0, 0.05) is 31.1 Å². The van der Waals surface area contributed by atoms with E-state index in [9.17, 15) is 9.59 Å². The molecule has 2 aromatic carbocycles. The van der Waals surface area contributed by atoms with Crippen molar-refractivity contribution in [3.05, 3.63) is 82.6 Å². The first-order chi connectivity index (χ1) is 14.2. The van der Waals surface area contributed by atoms with E-state index >= 15 is 0 Å². The first-order valence-electron chi connectivity index (χ1n) is 9.69. The smallest absolute Gasteiger partial charge is 0.266 e. The van der Waals surface area contributed by atoms with E-state index in [1.54, 1.807) is 13.2 Å². The van der Waals surface area contributed by atoms with Crippen LogP contribution in [0, 0.1) is 0 Å². The van der Waals surface area contributed by atoms with Crippen molar-refractivity contribution in [2.24, 2.45) is 0 Å². The zero-order valence-electron chi connectivity index (χ0n) is 16.5. The molecule has 6 nitrogen and oxygen atoms in total. The van der Waals surface area contributed by atoms with Gasteiger partial charge in [-0.25, -0.2) is 4.68 Å². The van der Waals surface area contributed by atoms with E-state index in [4.69, 9.17) is 4.74 Å². The van der Waals surface area contributed by atoms with Crippen LogP contribution < -0.4 is 15.6 Å². The van der Waals surface area contributed by atoms with E-state index in [2.05, 4.69) is 10.4 Å². The molecule has 0 aliphatic carbocycles. The normalized spacial score (nSPS) is 10.5. The second-order valence-electron chi connectivity index (χ2n) is 6.66. The minimum Gasteiger partial charge on any atom is -0.496 e. The zero-order chi connectivity index (χ0) is 20.5. The second kappa shape index (κ2) is 10.2. The summed E-state index contributed by atoms with van der Waals surface area (Å²) in [6.07, 6.45) is 1.59. The van der Waals surface area contributed by atoms with E-state index in [0.29, 0.717) is 32.4 Å². The molecular formula is C23H25N3O3. The van der Waals surface area contributed by atoms with Crippen LogP contribution in [-0.2, 0) is 17.8 Å². The number of aryl methyl sites for hydroxylation is 1. The molecule has 0 saturated heterocycles. The summed E-state index contributed by atoms with van der Waals surface area (Å²) < 4.78 is 6.74. The standard InChI is InChI=1S/C23H25N3O3/c1-29-21-11-6-5-10-19(21)15-16-24-22(27)12-7-17-26-23(28)14-13-20(25-26)18-8-3-2-4-9-18/h2-6,8-11,13-14H,7,12,15-17H2,1H3,(H,24,27). The van der Waals surface area contributed by atoms with Crippen LogP contribution in [0.3, 0.4) is 0 Å². The molecule has 0 aliphatic rings. The lowest BCUT2D eigenvalue weighted by molar-refractivity contribution is -0.121. The fourth-order valence-electron chi connectivity index (χ4n) is 3.10. The van der Waals surface area contributed by atoms with Crippen molar-refractivity contribution in [3.8, 4) is 17.0 Å². The van der Waals surface area contributed by atoms with Crippen LogP contribution in [0.5, 0.6) is 5.75 Å². The fourth-order valence-corrected chi connectivity index (χ4v) is 3.10. The van der Waals surface area contributed by atoms with E-state index in [-0.39, 0.29) is 11.5 Å². The first kappa shape index (κ1) is 20.3. The lowest BCUT2D eigenvalue weighted by Gasteiger charge is -2.10. The van der Waals surface area contributed by atoms with Gasteiger partial charge in [-0.3, -0.25) is 9.59 Å². The summed E-state index contributed by atoms with van der Waals surface area (Å²) in [5, 5.41) is 7.34. The summed E-state index contributed by atoms with van der Waals surface area (Å²) >= 11 is 0. The van der Waals surface area contributed by atoms with Gasteiger partial charge in [0.15, 0.2) is 0 Å². The summed E-state index contributed by atoms with van der Waals surface area (Å²) in [6, 6.07) is 20.7. The Kier molecular flexibility index (Phi) is 7.16. The molecule has 0 spiro atoms. The minimum absolute atomic E-state index is 0.0350. The number of hydrogen-bond acceptors (Lipinski definition) is 4. The monoisotopic (exact) mass is 391 g/mol. The molecule has 0 unspecified atom stereocenters. The van der Waals surface area contributed by atoms with Crippen LogP contribution >= 0.6 is 0 Å². The van der Waals surface area contributed by atoms with Gasteiger partial charge in [-0.05, 0) is 30.5 Å². The number of benzene rings is 2. The number of para-hydroxylation sites is 1. The summed E-state index contributed by atoms with van der Waals surface area (Å²) in [6.45, 7) is 0.945. The highest BCUT2D eigenvalue weighted by Crippen LogP contribution is 2.17. The average molecular weight is 391 g/mol. The highest BCUT2D eigenvalue weighted by atomic mass is 16.5. The molecule has 0 radical (unpaired) electrons. The number of carbonyl (C=O) groups is 1. The molecule has 3 aromatic rings. The third-order valence-electron chi connectivity index (χ3n) is 4.62. The molecule has 0 fully saturated rings. The van der Waals surface area contributed by atoms with Gasteiger partial charge < -0.3 is 10.1 Å². The van der Waals surface area contributed by atoms with Crippen LogP contribution in [0.1, 0.15) is 18.4 Å². The van der Waals surface area contributed by atoms with Gasteiger partial charge in [0.1, 0.15) is 5.75 Å². The number of rotatable bonds is 9. The van der Waals surface area contributed by atoms with Crippen LogP contribution in [0.4, 0.5) is 0 Å². The van der Waals surface area contributed by atoms with Gasteiger partial charge in [-0.15, -0.1) is 0 Å². The Morgan fingerprint density at radius 3 is 2.59 bits per heavy atom. The molecule has 1 amide bonds. The molecule has 6 heteroatoms. The zero-order valence-corrected chi connectivity index (χ0v) is 16.5. The lowest BCUT2D eigenvalue weighted by atomic mass is 10.1. The van der Waals surface area contributed by atoms with E-state index in [1.165, 1.54) is 10.7 Å². The Labute approximate surface area is 170 Å². The average Bonchev–Trinajstić information content (AvgIpc) is 2.76. The second-order valence-corrected chi connectivity index (χ2v) is 6.66. The van der Waals surface area contributed by atoms with Crippen LogP contribution in [0.25, 0.3) is 11.3 Å². The van der Waals surface area contributed by atoms with Gasteiger partial charge in [0.2, 0.25) is 5.91 Å². The third-order valence-corrected chi connectivity index (χ3v) is 4.62. The molecule has 0 saturated carbocycles. The van der Waals surface area contributed by atoms with Crippen LogP contribution in [-0.4, -0.2) is 29.3 Å². The Morgan fingerprint density at radius 1 is 1.03 bits per heavy atom. The molecular weight excluding hydrogens is 366 g/mol. The van der Waals surface area contributed by atoms with Crippen molar-refractivity contribution in [2.45, 2.75) is 25.8 Å². The molecule has 1 heterocycles. The number of ether oxygens (including phenoxy) is 1. The van der Waals surface area contributed by atoms with Crippen molar-refractivity contribution in [1.82, 2.24) is 15.1 Å². The maximum atomic E-state index is 12.1. The Morgan fingerprint density at radius 2 is 1.79 bits per heavy atom. The highest BCUT2D eigenvalue weighted by molar-refractivity contribution is 5.75. The largest absolute Gasteiger partial charge is 0.496 e. The van der Waals surface area contributed by atoms with Crippen molar-refractivity contribution in [1.29, 1.82) is 0 Å². The van der Waals surface area contributed by atoms with Crippen molar-refractivity contribution >= 4 is 5.91 Å². The van der Waals surface area contributed by atoms with E-state index in [0.717, 1.165) is 22.6 Å². The van der Waals surface area contributed by atoms with Crippen molar-refractivity contribution in [2.75, 3.05) is 13.7 Å². The number of nitrogens with zero attached hydrogens (tertiary/aromatic N) is 2. The van der Waals surface area contributed by atoms with E-state index in [1.807, 2.05) is 54.6 Å². The predicted molar refractivity (Wildman–Crippen MR) is 113 cm³/mol. The molecule has 29 heavy (non-hydrogen) atoms. The highest BCUT2D eigenvalue weighted by Gasteiger charge is 2.06. The van der Waals surface area contributed by atoms with Gasteiger partial charge >= 0.3 is 0 Å². The molecule has 0 aliphatic heterocycles. The van der Waals surface area contributed by atoms with Crippen LogP contribution in [0.2, 0.25) is 0 Å². The molecule has 3 rings (SSSR count). The SMILES string of the molecule is COc1ccccc1CCNC(=O)CCCn1nc(-c2ccccc2)ccc1=O. The Balaban J connectivity index is 1.47. The maximum Gasteiger partial charge on any atom is 0.266 e. The molecule has 0 atom stereocenters. The number of carbonyl (C=O) groups excluding carboxylic acids is 1. The molecule has 1 aromatic heterocycles.